The van der Waals surface area contributed by atoms with Crippen molar-refractivity contribution in [3.63, 3.8) is 0 Å². The van der Waals surface area contributed by atoms with E-state index in [0.29, 0.717) is 16.5 Å². The van der Waals surface area contributed by atoms with E-state index in [1.165, 1.54) is 7.11 Å². The van der Waals surface area contributed by atoms with Gasteiger partial charge < -0.3 is 9.84 Å². The van der Waals surface area contributed by atoms with Gasteiger partial charge in [0.1, 0.15) is 11.3 Å². The van der Waals surface area contributed by atoms with Crippen LogP contribution >= 0.6 is 23.4 Å². The summed E-state index contributed by atoms with van der Waals surface area (Å²) in [5.74, 6) is 0.0513. The Morgan fingerprint density at radius 3 is 2.75 bits per heavy atom. The molecule has 2 rings (SSSR count). The molecule has 1 N–H and O–H groups in total. The Balaban J connectivity index is 2.14. The zero-order chi connectivity index (χ0) is 14.5. The standard InChI is InChI=1S/C15H13ClO3S/c1-19-14-6-5-10(7-13(14)15(17)18)9-20-12-4-2-3-11(16)8-12/h2-8H,9H2,1H3,(H,17,18). The van der Waals surface area contributed by atoms with E-state index < -0.39 is 5.97 Å². The van der Waals surface area contributed by atoms with E-state index in [1.807, 2.05) is 30.3 Å². The summed E-state index contributed by atoms with van der Waals surface area (Å²) in [6, 6.07) is 12.7. The highest BCUT2D eigenvalue weighted by Gasteiger charge is 2.11. The van der Waals surface area contributed by atoms with Crippen molar-refractivity contribution in [2.24, 2.45) is 0 Å². The molecule has 0 bridgehead atoms. The zero-order valence-electron chi connectivity index (χ0n) is 10.8. The van der Waals surface area contributed by atoms with E-state index in [2.05, 4.69) is 0 Å². The second-order valence-electron chi connectivity index (χ2n) is 4.09. The summed E-state index contributed by atoms with van der Waals surface area (Å²) in [4.78, 5) is 12.2. The summed E-state index contributed by atoms with van der Waals surface area (Å²) in [5.41, 5.74) is 1.10. The van der Waals surface area contributed by atoms with E-state index in [9.17, 15) is 4.79 Å². The molecule has 0 aliphatic heterocycles. The van der Waals surface area contributed by atoms with E-state index >= 15 is 0 Å². The van der Waals surface area contributed by atoms with Gasteiger partial charge in [-0.15, -0.1) is 11.8 Å². The lowest BCUT2D eigenvalue weighted by molar-refractivity contribution is 0.0693. The lowest BCUT2D eigenvalue weighted by Crippen LogP contribution is -2.01. The van der Waals surface area contributed by atoms with Gasteiger partial charge in [-0.05, 0) is 35.9 Å². The molecule has 0 radical (unpaired) electrons. The maximum atomic E-state index is 11.1. The number of ether oxygens (including phenoxy) is 1. The maximum absolute atomic E-state index is 11.1. The molecule has 0 unspecified atom stereocenters. The van der Waals surface area contributed by atoms with E-state index in [-0.39, 0.29) is 5.56 Å². The van der Waals surface area contributed by atoms with Gasteiger partial charge in [-0.2, -0.15) is 0 Å². The summed E-state index contributed by atoms with van der Waals surface area (Å²) in [6.07, 6.45) is 0. The highest BCUT2D eigenvalue weighted by molar-refractivity contribution is 7.98. The van der Waals surface area contributed by atoms with E-state index in [0.717, 1.165) is 10.5 Å². The fraction of sp³-hybridized carbons (Fsp3) is 0.133. The highest BCUT2D eigenvalue weighted by Crippen LogP contribution is 2.27. The smallest absolute Gasteiger partial charge is 0.339 e. The molecule has 0 fully saturated rings. The molecule has 5 heteroatoms. The molecule has 0 amide bonds. The van der Waals surface area contributed by atoms with Crippen molar-refractivity contribution < 1.29 is 14.6 Å². The molecule has 0 saturated heterocycles. The van der Waals surface area contributed by atoms with Gasteiger partial charge in [-0.1, -0.05) is 23.7 Å². The van der Waals surface area contributed by atoms with Gasteiger partial charge in [0.05, 0.1) is 7.11 Å². The van der Waals surface area contributed by atoms with Crippen LogP contribution in [-0.2, 0) is 5.75 Å². The number of carbonyl (C=O) groups is 1. The second-order valence-corrected chi connectivity index (χ2v) is 5.57. The fourth-order valence-corrected chi connectivity index (χ4v) is 2.89. The number of aromatic carboxylic acids is 1. The normalized spacial score (nSPS) is 10.3. The van der Waals surface area contributed by atoms with Crippen LogP contribution in [0.2, 0.25) is 5.02 Å². The van der Waals surface area contributed by atoms with Gasteiger partial charge in [-0.3, -0.25) is 0 Å². The number of carboxylic acid groups (broad SMARTS) is 1. The van der Waals surface area contributed by atoms with E-state index in [1.54, 1.807) is 23.9 Å². The Kier molecular flexibility index (Phi) is 4.93. The first kappa shape index (κ1) is 14.8. The minimum Gasteiger partial charge on any atom is -0.496 e. The van der Waals surface area contributed by atoms with Gasteiger partial charge >= 0.3 is 5.97 Å². The number of carboxylic acids is 1. The third-order valence-corrected chi connectivity index (χ3v) is 4.00. The molecule has 0 aliphatic carbocycles. The quantitative estimate of drug-likeness (QED) is 0.835. The number of halogens is 1. The molecule has 0 aliphatic rings. The molecule has 0 aromatic heterocycles. The lowest BCUT2D eigenvalue weighted by Gasteiger charge is -2.08. The third-order valence-electron chi connectivity index (χ3n) is 2.70. The Bertz CT molecular complexity index is 628. The number of benzene rings is 2. The predicted octanol–water partition coefficient (Wildman–Crippen LogP) is 4.34. The SMILES string of the molecule is COc1ccc(CSc2cccc(Cl)c2)cc1C(=O)O. The molecule has 0 saturated carbocycles. The summed E-state index contributed by atoms with van der Waals surface area (Å²) in [7, 11) is 1.46. The molecule has 20 heavy (non-hydrogen) atoms. The van der Waals surface area contributed by atoms with Crippen LogP contribution in [0.1, 0.15) is 15.9 Å². The monoisotopic (exact) mass is 308 g/mol. The van der Waals surface area contributed by atoms with Crippen LogP contribution in [0.15, 0.2) is 47.4 Å². The Hall–Kier alpha value is -1.65. The maximum Gasteiger partial charge on any atom is 0.339 e. The molecule has 0 heterocycles. The molecule has 104 valence electrons. The fourth-order valence-electron chi connectivity index (χ4n) is 1.74. The topological polar surface area (TPSA) is 46.5 Å². The van der Waals surface area contributed by atoms with Crippen LogP contribution < -0.4 is 4.74 Å². The van der Waals surface area contributed by atoms with Crippen LogP contribution in [0.4, 0.5) is 0 Å². The van der Waals surface area contributed by atoms with Crippen LogP contribution in [0, 0.1) is 0 Å². The molecule has 2 aromatic rings. The first-order valence-corrected chi connectivity index (χ1v) is 7.25. The number of thioether (sulfide) groups is 1. The number of hydrogen-bond donors (Lipinski definition) is 1. The number of rotatable bonds is 5. The number of methoxy groups -OCH3 is 1. The van der Waals surface area contributed by atoms with Gasteiger partial charge in [0, 0.05) is 15.7 Å². The van der Waals surface area contributed by atoms with Crippen LogP contribution in [0.25, 0.3) is 0 Å². The largest absolute Gasteiger partial charge is 0.496 e. The highest BCUT2D eigenvalue weighted by atomic mass is 35.5. The summed E-state index contributed by atoms with van der Waals surface area (Å²) in [6.45, 7) is 0. The Morgan fingerprint density at radius 1 is 1.30 bits per heavy atom. The summed E-state index contributed by atoms with van der Waals surface area (Å²) < 4.78 is 5.04. The molecular weight excluding hydrogens is 296 g/mol. The van der Waals surface area contributed by atoms with Gasteiger partial charge in [0.25, 0.3) is 0 Å². The average molecular weight is 309 g/mol. The molecular formula is C15H13ClO3S. The average Bonchev–Trinajstić information content (AvgIpc) is 2.45. The zero-order valence-corrected chi connectivity index (χ0v) is 12.4. The molecule has 3 nitrogen and oxygen atoms in total. The van der Waals surface area contributed by atoms with Crippen LogP contribution in [0.3, 0.4) is 0 Å². The van der Waals surface area contributed by atoms with Gasteiger partial charge in [0.2, 0.25) is 0 Å². The minimum absolute atomic E-state index is 0.177. The Labute approximate surface area is 126 Å². The molecule has 0 spiro atoms. The van der Waals surface area contributed by atoms with Crippen molar-refractivity contribution in [2.45, 2.75) is 10.6 Å². The van der Waals surface area contributed by atoms with E-state index in [4.69, 9.17) is 21.4 Å². The van der Waals surface area contributed by atoms with Crippen molar-refractivity contribution >= 4 is 29.3 Å². The van der Waals surface area contributed by atoms with Crippen molar-refractivity contribution in [1.82, 2.24) is 0 Å². The third kappa shape index (κ3) is 3.68. The molecule has 0 atom stereocenters. The second kappa shape index (κ2) is 6.68. The minimum atomic E-state index is -0.989. The van der Waals surface area contributed by atoms with Crippen LogP contribution in [0.5, 0.6) is 5.75 Å². The number of hydrogen-bond acceptors (Lipinski definition) is 3. The van der Waals surface area contributed by atoms with Crippen molar-refractivity contribution in [3.05, 3.63) is 58.6 Å². The van der Waals surface area contributed by atoms with Crippen molar-refractivity contribution in [2.75, 3.05) is 7.11 Å². The van der Waals surface area contributed by atoms with Gasteiger partial charge in [0.15, 0.2) is 0 Å². The van der Waals surface area contributed by atoms with Crippen molar-refractivity contribution in [1.29, 1.82) is 0 Å². The van der Waals surface area contributed by atoms with Gasteiger partial charge in [-0.25, -0.2) is 4.79 Å². The summed E-state index contributed by atoms with van der Waals surface area (Å²) >= 11 is 7.53. The van der Waals surface area contributed by atoms with Crippen molar-refractivity contribution in [3.8, 4) is 5.75 Å². The first-order valence-electron chi connectivity index (χ1n) is 5.88. The van der Waals surface area contributed by atoms with Crippen LogP contribution in [-0.4, -0.2) is 18.2 Å². The predicted molar refractivity (Wildman–Crippen MR) is 81.0 cm³/mol. The first-order chi connectivity index (χ1) is 9.60. The summed E-state index contributed by atoms with van der Waals surface area (Å²) in [5, 5.41) is 9.83. The molecule has 2 aromatic carbocycles. The lowest BCUT2D eigenvalue weighted by atomic mass is 10.1. The Morgan fingerprint density at radius 2 is 2.10 bits per heavy atom.